The SMILES string of the molecule is O=C(N/N=C/c1cccc(F)c1)c1ccc(=O)[nH]n1. The molecule has 2 rings (SSSR count). The summed E-state index contributed by atoms with van der Waals surface area (Å²) in [5.41, 5.74) is 2.34. The van der Waals surface area contributed by atoms with Crippen molar-refractivity contribution in [2.24, 2.45) is 5.10 Å². The second-order valence-corrected chi connectivity index (χ2v) is 3.56. The van der Waals surface area contributed by atoms with Gasteiger partial charge in [0.1, 0.15) is 5.82 Å². The molecule has 0 aliphatic rings. The Morgan fingerprint density at radius 3 is 2.89 bits per heavy atom. The minimum Gasteiger partial charge on any atom is -0.268 e. The van der Waals surface area contributed by atoms with Crippen LogP contribution in [0.4, 0.5) is 4.39 Å². The summed E-state index contributed by atoms with van der Waals surface area (Å²) in [6, 6.07) is 8.19. The lowest BCUT2D eigenvalue weighted by molar-refractivity contribution is 0.0949. The third kappa shape index (κ3) is 3.56. The van der Waals surface area contributed by atoms with Gasteiger partial charge in [-0.1, -0.05) is 12.1 Å². The summed E-state index contributed by atoms with van der Waals surface area (Å²) in [6.45, 7) is 0. The third-order valence-corrected chi connectivity index (χ3v) is 2.14. The third-order valence-electron chi connectivity index (χ3n) is 2.14. The van der Waals surface area contributed by atoms with Crippen LogP contribution in [0.3, 0.4) is 0 Å². The van der Waals surface area contributed by atoms with Gasteiger partial charge in [-0.25, -0.2) is 14.9 Å². The molecular formula is C12H9FN4O2. The molecule has 0 bridgehead atoms. The topological polar surface area (TPSA) is 87.2 Å². The Morgan fingerprint density at radius 1 is 1.37 bits per heavy atom. The van der Waals surface area contributed by atoms with Gasteiger partial charge in [0.25, 0.3) is 11.5 Å². The molecule has 0 atom stereocenters. The monoisotopic (exact) mass is 260 g/mol. The molecule has 0 fully saturated rings. The van der Waals surface area contributed by atoms with Crippen molar-refractivity contribution in [3.8, 4) is 0 Å². The number of nitrogens with zero attached hydrogens (tertiary/aromatic N) is 2. The summed E-state index contributed by atoms with van der Waals surface area (Å²) in [7, 11) is 0. The number of hydrogen-bond donors (Lipinski definition) is 2. The lowest BCUT2D eigenvalue weighted by atomic mass is 10.2. The Kier molecular flexibility index (Phi) is 3.77. The average molecular weight is 260 g/mol. The fourth-order valence-corrected chi connectivity index (χ4v) is 1.28. The van der Waals surface area contributed by atoms with Gasteiger partial charge >= 0.3 is 0 Å². The minimum atomic E-state index is -0.580. The smallest absolute Gasteiger partial charge is 0.268 e. The summed E-state index contributed by atoms with van der Waals surface area (Å²) in [5, 5.41) is 9.32. The van der Waals surface area contributed by atoms with E-state index in [2.05, 4.69) is 20.7 Å². The lowest BCUT2D eigenvalue weighted by Gasteiger charge is -1.97. The van der Waals surface area contributed by atoms with Gasteiger partial charge in [-0.05, 0) is 23.8 Å². The molecule has 0 unspecified atom stereocenters. The average Bonchev–Trinajstić information content (AvgIpc) is 2.39. The second-order valence-electron chi connectivity index (χ2n) is 3.56. The van der Waals surface area contributed by atoms with Crippen molar-refractivity contribution in [1.82, 2.24) is 15.6 Å². The molecule has 0 aliphatic heterocycles. The predicted molar refractivity (Wildman–Crippen MR) is 66.3 cm³/mol. The fourth-order valence-electron chi connectivity index (χ4n) is 1.28. The summed E-state index contributed by atoms with van der Waals surface area (Å²) in [4.78, 5) is 22.3. The van der Waals surface area contributed by atoms with E-state index in [1.807, 2.05) is 0 Å². The van der Waals surface area contributed by atoms with Gasteiger partial charge in [0.2, 0.25) is 0 Å². The first-order valence-corrected chi connectivity index (χ1v) is 5.30. The van der Waals surface area contributed by atoms with Gasteiger partial charge < -0.3 is 0 Å². The molecule has 1 aromatic carbocycles. The van der Waals surface area contributed by atoms with E-state index < -0.39 is 17.3 Å². The van der Waals surface area contributed by atoms with Crippen LogP contribution in [0, 0.1) is 5.82 Å². The summed E-state index contributed by atoms with van der Waals surface area (Å²) in [6.07, 6.45) is 1.30. The van der Waals surface area contributed by atoms with Crippen LogP contribution in [0.2, 0.25) is 0 Å². The predicted octanol–water partition coefficient (Wildman–Crippen LogP) is 0.673. The maximum absolute atomic E-state index is 12.9. The van der Waals surface area contributed by atoms with Crippen LogP contribution in [-0.2, 0) is 0 Å². The Hall–Kier alpha value is -2.83. The van der Waals surface area contributed by atoms with Crippen LogP contribution >= 0.6 is 0 Å². The normalized spacial score (nSPS) is 10.6. The molecule has 7 heteroatoms. The Balaban J connectivity index is 2.00. The van der Waals surface area contributed by atoms with Crippen LogP contribution in [0.25, 0.3) is 0 Å². The number of aromatic amines is 1. The van der Waals surface area contributed by atoms with Crippen LogP contribution in [0.1, 0.15) is 16.1 Å². The minimum absolute atomic E-state index is 0.0241. The standard InChI is InChI=1S/C12H9FN4O2/c13-9-3-1-2-8(6-9)7-14-17-12(19)10-4-5-11(18)16-15-10/h1-7H,(H,16,18)(H,17,19)/b14-7+. The van der Waals surface area contributed by atoms with E-state index in [9.17, 15) is 14.0 Å². The quantitative estimate of drug-likeness (QED) is 0.628. The van der Waals surface area contributed by atoms with Gasteiger partial charge in [0.05, 0.1) is 6.21 Å². The Morgan fingerprint density at radius 2 is 2.21 bits per heavy atom. The zero-order valence-corrected chi connectivity index (χ0v) is 9.63. The van der Waals surface area contributed by atoms with Crippen LogP contribution in [0.15, 0.2) is 46.3 Å². The molecule has 6 nitrogen and oxygen atoms in total. The maximum Gasteiger partial charge on any atom is 0.291 e. The van der Waals surface area contributed by atoms with Crippen molar-refractivity contribution < 1.29 is 9.18 Å². The lowest BCUT2D eigenvalue weighted by Crippen LogP contribution is -2.21. The van der Waals surface area contributed by atoms with Crippen molar-refractivity contribution in [1.29, 1.82) is 0 Å². The molecule has 0 spiro atoms. The summed E-state index contributed by atoms with van der Waals surface area (Å²) < 4.78 is 12.9. The number of carbonyl (C=O) groups excluding carboxylic acids is 1. The molecule has 0 saturated heterocycles. The number of rotatable bonds is 3. The number of hydrogen-bond acceptors (Lipinski definition) is 4. The molecule has 19 heavy (non-hydrogen) atoms. The van der Waals surface area contributed by atoms with Gasteiger partial charge in [-0.3, -0.25) is 9.59 Å². The van der Waals surface area contributed by atoms with Gasteiger partial charge in [0.15, 0.2) is 5.69 Å². The highest BCUT2D eigenvalue weighted by molar-refractivity contribution is 5.92. The van der Waals surface area contributed by atoms with Gasteiger partial charge in [-0.2, -0.15) is 10.2 Å². The van der Waals surface area contributed by atoms with Gasteiger partial charge in [-0.15, -0.1) is 0 Å². The fraction of sp³-hybridized carbons (Fsp3) is 0. The number of carbonyl (C=O) groups is 1. The van der Waals surface area contributed by atoms with Crippen molar-refractivity contribution in [2.45, 2.75) is 0 Å². The van der Waals surface area contributed by atoms with Crippen molar-refractivity contribution in [3.63, 3.8) is 0 Å². The molecule has 1 amide bonds. The molecule has 1 heterocycles. The zero-order chi connectivity index (χ0) is 13.7. The molecule has 0 aliphatic carbocycles. The van der Waals surface area contributed by atoms with Crippen LogP contribution < -0.4 is 11.0 Å². The molecule has 1 aromatic heterocycles. The summed E-state index contributed by atoms with van der Waals surface area (Å²) >= 11 is 0. The Labute approximate surface area is 107 Å². The summed E-state index contributed by atoms with van der Waals surface area (Å²) in [5.74, 6) is -0.971. The van der Waals surface area contributed by atoms with E-state index in [4.69, 9.17) is 0 Å². The van der Waals surface area contributed by atoms with Crippen molar-refractivity contribution >= 4 is 12.1 Å². The van der Waals surface area contributed by atoms with Crippen LogP contribution in [0.5, 0.6) is 0 Å². The number of benzene rings is 1. The van der Waals surface area contributed by atoms with E-state index >= 15 is 0 Å². The number of H-pyrrole nitrogens is 1. The largest absolute Gasteiger partial charge is 0.291 e. The second kappa shape index (κ2) is 5.67. The number of nitrogens with one attached hydrogen (secondary N) is 2. The number of amides is 1. The van der Waals surface area contributed by atoms with Gasteiger partial charge in [0, 0.05) is 6.07 Å². The molecule has 96 valence electrons. The zero-order valence-electron chi connectivity index (χ0n) is 9.63. The maximum atomic E-state index is 12.9. The number of aromatic nitrogens is 2. The molecule has 2 N–H and O–H groups in total. The first-order chi connectivity index (χ1) is 9.15. The Bertz CT molecular complexity index is 661. The first kappa shape index (κ1) is 12.6. The molecule has 0 radical (unpaired) electrons. The van der Waals surface area contributed by atoms with Crippen molar-refractivity contribution in [2.75, 3.05) is 0 Å². The number of hydrazone groups is 1. The highest BCUT2D eigenvalue weighted by Gasteiger charge is 2.05. The van der Waals surface area contributed by atoms with E-state index in [0.717, 1.165) is 0 Å². The first-order valence-electron chi connectivity index (χ1n) is 5.30. The highest BCUT2D eigenvalue weighted by atomic mass is 19.1. The number of halogens is 1. The van der Waals surface area contributed by atoms with E-state index in [0.29, 0.717) is 5.56 Å². The van der Waals surface area contributed by atoms with E-state index in [1.54, 1.807) is 6.07 Å². The van der Waals surface area contributed by atoms with E-state index in [1.165, 1.54) is 36.5 Å². The van der Waals surface area contributed by atoms with Crippen molar-refractivity contribution in [3.05, 3.63) is 63.8 Å². The van der Waals surface area contributed by atoms with Crippen LogP contribution in [-0.4, -0.2) is 22.3 Å². The highest BCUT2D eigenvalue weighted by Crippen LogP contribution is 2.00. The van der Waals surface area contributed by atoms with E-state index in [-0.39, 0.29) is 5.69 Å². The molecule has 0 saturated carbocycles. The molecular weight excluding hydrogens is 251 g/mol. The molecule has 2 aromatic rings.